The van der Waals surface area contributed by atoms with Crippen molar-refractivity contribution in [3.8, 4) is 22.9 Å². The van der Waals surface area contributed by atoms with Crippen molar-refractivity contribution in [1.29, 1.82) is 0 Å². The highest BCUT2D eigenvalue weighted by Crippen LogP contribution is 2.28. The van der Waals surface area contributed by atoms with Crippen LogP contribution in [0.1, 0.15) is 45.5 Å². The molecule has 0 saturated heterocycles. The van der Waals surface area contributed by atoms with Crippen molar-refractivity contribution in [2.45, 2.75) is 32.5 Å². The maximum Gasteiger partial charge on any atom is 0.274 e. The Bertz CT molecular complexity index is 1700. The number of carbonyl (C=O) groups is 3. The minimum absolute atomic E-state index is 0. The van der Waals surface area contributed by atoms with Crippen LogP contribution in [0.25, 0.3) is 11.4 Å². The third kappa shape index (κ3) is 7.72. The molecular weight excluding hydrogens is 626 g/mol. The van der Waals surface area contributed by atoms with Crippen molar-refractivity contribution >= 4 is 30.1 Å². The molecule has 14 nitrogen and oxygen atoms in total. The Hall–Kier alpha value is -4.95. The van der Waals surface area contributed by atoms with Crippen molar-refractivity contribution in [2.24, 2.45) is 0 Å². The van der Waals surface area contributed by atoms with Gasteiger partial charge in [-0.15, -0.1) is 12.4 Å². The lowest BCUT2D eigenvalue weighted by Gasteiger charge is -2.23. The summed E-state index contributed by atoms with van der Waals surface area (Å²) in [5.74, 6) is 1.60. The molecule has 248 valence electrons. The summed E-state index contributed by atoms with van der Waals surface area (Å²) >= 11 is 0. The summed E-state index contributed by atoms with van der Waals surface area (Å²) in [6.07, 6.45) is 2.43. The van der Waals surface area contributed by atoms with E-state index < -0.39 is 11.9 Å². The number of halogens is 1. The molecule has 15 heteroatoms. The van der Waals surface area contributed by atoms with Gasteiger partial charge in [-0.3, -0.25) is 14.4 Å². The van der Waals surface area contributed by atoms with E-state index in [2.05, 4.69) is 20.9 Å². The van der Waals surface area contributed by atoms with Gasteiger partial charge in [-0.25, -0.2) is 14.6 Å². The molecule has 2 aliphatic rings. The van der Waals surface area contributed by atoms with Gasteiger partial charge in [0.05, 0.1) is 26.2 Å². The highest BCUT2D eigenvalue weighted by molar-refractivity contribution is 5.96. The van der Waals surface area contributed by atoms with Gasteiger partial charge < -0.3 is 34.9 Å². The summed E-state index contributed by atoms with van der Waals surface area (Å²) in [6.45, 7) is 4.53. The third-order valence-electron chi connectivity index (χ3n) is 7.91. The molecule has 2 aromatic heterocycles. The van der Waals surface area contributed by atoms with Crippen molar-refractivity contribution in [2.75, 3.05) is 46.4 Å². The standard InChI is InChI=1S/C32H37N9O5.ClH/c1-21-30-37-29(22-6-4-3-5-7-22)38-41(30)16-17-46-26-18-23(8-9-25(26)45-2)31(43)34-13-15-40(20-28(42)35-21)32(44)24-19-39-14-12-33-11-10-27(39)36-24;/h3-9,18-19,21,33H,10-17,20H2,1-2H3,(H,34,43)(H,35,42);1H/t21-;/m1./s1. The maximum atomic E-state index is 13.8. The van der Waals surface area contributed by atoms with Gasteiger partial charge in [-0.1, -0.05) is 30.3 Å². The van der Waals surface area contributed by atoms with Gasteiger partial charge in [-0.05, 0) is 25.1 Å². The fourth-order valence-electron chi connectivity index (χ4n) is 5.54. The summed E-state index contributed by atoms with van der Waals surface area (Å²) < 4.78 is 15.2. The second-order valence-corrected chi connectivity index (χ2v) is 11.1. The van der Waals surface area contributed by atoms with Crippen LogP contribution in [-0.4, -0.2) is 93.4 Å². The van der Waals surface area contributed by atoms with Crippen molar-refractivity contribution in [3.05, 3.63) is 77.6 Å². The van der Waals surface area contributed by atoms with Crippen LogP contribution in [0, 0.1) is 0 Å². The SMILES string of the molecule is COc1ccc2cc1OCCn1nc(-c3ccccc3)nc1[C@@H](C)NC(=O)CN(C(=O)c1cn3c(n1)CCNCC3)CCNC2=O.Cl. The number of methoxy groups -OCH3 is 1. The maximum absolute atomic E-state index is 13.8. The monoisotopic (exact) mass is 663 g/mol. The number of ether oxygens (including phenoxy) is 2. The van der Waals surface area contributed by atoms with Crippen LogP contribution in [0.2, 0.25) is 0 Å². The van der Waals surface area contributed by atoms with Gasteiger partial charge in [0.2, 0.25) is 5.91 Å². The van der Waals surface area contributed by atoms with Crippen molar-refractivity contribution in [1.82, 2.24) is 45.2 Å². The molecule has 0 fully saturated rings. The number of rotatable bonds is 3. The Morgan fingerprint density at radius 3 is 2.64 bits per heavy atom. The van der Waals surface area contributed by atoms with Crippen molar-refractivity contribution < 1.29 is 23.9 Å². The Kier molecular flexibility index (Phi) is 10.7. The Morgan fingerprint density at radius 1 is 1.00 bits per heavy atom. The van der Waals surface area contributed by atoms with Gasteiger partial charge in [0.1, 0.15) is 23.9 Å². The molecule has 6 rings (SSSR count). The number of nitrogens with zero attached hydrogens (tertiary/aromatic N) is 6. The summed E-state index contributed by atoms with van der Waals surface area (Å²) in [6, 6.07) is 13.9. The molecule has 2 aliphatic heterocycles. The van der Waals surface area contributed by atoms with E-state index in [4.69, 9.17) is 19.6 Å². The zero-order valence-corrected chi connectivity index (χ0v) is 27.1. The molecule has 3 N–H and O–H groups in total. The van der Waals surface area contributed by atoms with Gasteiger partial charge in [0, 0.05) is 56.5 Å². The van der Waals surface area contributed by atoms with Gasteiger partial charge in [-0.2, -0.15) is 5.10 Å². The van der Waals surface area contributed by atoms with E-state index in [0.717, 1.165) is 24.5 Å². The minimum atomic E-state index is -0.543. The van der Waals surface area contributed by atoms with Crippen LogP contribution in [0.15, 0.2) is 54.7 Å². The molecule has 0 spiro atoms. The highest BCUT2D eigenvalue weighted by atomic mass is 35.5. The Morgan fingerprint density at radius 2 is 1.83 bits per heavy atom. The summed E-state index contributed by atoms with van der Waals surface area (Å²) in [4.78, 5) is 51.1. The lowest BCUT2D eigenvalue weighted by atomic mass is 10.2. The molecule has 4 heterocycles. The third-order valence-corrected chi connectivity index (χ3v) is 7.91. The highest BCUT2D eigenvalue weighted by Gasteiger charge is 2.26. The van der Waals surface area contributed by atoms with E-state index in [1.165, 1.54) is 12.0 Å². The van der Waals surface area contributed by atoms with E-state index in [1.807, 2.05) is 41.8 Å². The molecule has 2 aromatic carbocycles. The van der Waals surface area contributed by atoms with Crippen LogP contribution >= 0.6 is 12.4 Å². The number of hydrogen-bond acceptors (Lipinski definition) is 9. The first-order valence-electron chi connectivity index (χ1n) is 15.3. The molecule has 0 unspecified atom stereocenters. The smallest absolute Gasteiger partial charge is 0.274 e. The first-order valence-corrected chi connectivity index (χ1v) is 15.3. The van der Waals surface area contributed by atoms with Gasteiger partial charge in [0.25, 0.3) is 11.8 Å². The summed E-state index contributed by atoms with van der Waals surface area (Å²) in [7, 11) is 1.53. The first kappa shape index (κ1) is 33.4. The second kappa shape index (κ2) is 15.1. The summed E-state index contributed by atoms with van der Waals surface area (Å²) in [5, 5.41) is 13.9. The van der Waals surface area contributed by atoms with Crippen LogP contribution < -0.4 is 25.4 Å². The number of nitrogens with one attached hydrogen (secondary N) is 3. The Balaban J connectivity index is 0.00000433. The molecule has 0 radical (unpaired) electrons. The summed E-state index contributed by atoms with van der Waals surface area (Å²) in [5.41, 5.74) is 1.46. The zero-order chi connectivity index (χ0) is 32.0. The number of carbonyl (C=O) groups excluding carboxylic acids is 3. The number of amides is 3. The van der Waals surface area contributed by atoms with Crippen molar-refractivity contribution in [3.63, 3.8) is 0 Å². The van der Waals surface area contributed by atoms with Crippen LogP contribution in [0.3, 0.4) is 0 Å². The molecule has 0 saturated carbocycles. The van der Waals surface area contributed by atoms with E-state index in [-0.39, 0.29) is 56.2 Å². The fraction of sp³-hybridized carbons (Fsp3) is 0.375. The second-order valence-electron chi connectivity index (χ2n) is 11.1. The molecular formula is C32H38ClN9O5. The molecule has 0 aliphatic carbocycles. The fourth-order valence-corrected chi connectivity index (χ4v) is 5.54. The number of hydrogen-bond donors (Lipinski definition) is 3. The zero-order valence-electron chi connectivity index (χ0n) is 26.3. The normalized spacial score (nSPS) is 17.4. The predicted octanol–water partition coefficient (Wildman–Crippen LogP) is 1.86. The lowest BCUT2D eigenvalue weighted by molar-refractivity contribution is -0.122. The minimum Gasteiger partial charge on any atom is -0.493 e. The average molecular weight is 664 g/mol. The average Bonchev–Trinajstić information content (AvgIpc) is 3.62. The van der Waals surface area contributed by atoms with E-state index in [0.29, 0.717) is 48.2 Å². The predicted molar refractivity (Wildman–Crippen MR) is 175 cm³/mol. The largest absolute Gasteiger partial charge is 0.493 e. The molecule has 2 bridgehead atoms. The first-order chi connectivity index (χ1) is 22.4. The molecule has 3 amide bonds. The Labute approximate surface area is 278 Å². The number of fused-ring (bicyclic) bond motifs is 4. The number of aromatic nitrogens is 5. The topological polar surface area (TPSA) is 158 Å². The van der Waals surface area contributed by atoms with E-state index >= 15 is 0 Å². The molecule has 4 aromatic rings. The van der Waals surface area contributed by atoms with Crippen LogP contribution in [0.5, 0.6) is 11.5 Å². The van der Waals surface area contributed by atoms with Gasteiger partial charge >= 0.3 is 0 Å². The van der Waals surface area contributed by atoms with Crippen LogP contribution in [0.4, 0.5) is 0 Å². The van der Waals surface area contributed by atoms with Gasteiger partial charge in [0.15, 0.2) is 17.3 Å². The quantitative estimate of drug-likeness (QED) is 0.298. The number of imidazole rings is 1. The van der Waals surface area contributed by atoms with Crippen LogP contribution in [-0.2, 0) is 24.3 Å². The molecule has 1 atom stereocenters. The number of benzene rings is 2. The lowest BCUT2D eigenvalue weighted by Crippen LogP contribution is -2.45. The van der Waals surface area contributed by atoms with E-state index in [1.54, 1.807) is 29.1 Å². The van der Waals surface area contributed by atoms with E-state index in [9.17, 15) is 14.4 Å². The molecule has 47 heavy (non-hydrogen) atoms.